The Labute approximate surface area is 145 Å². The Morgan fingerprint density at radius 1 is 1.04 bits per heavy atom. The minimum atomic E-state index is 0.0354. The molecule has 24 heavy (non-hydrogen) atoms. The molecule has 126 valence electrons. The summed E-state index contributed by atoms with van der Waals surface area (Å²) in [4.78, 5) is 33.7. The lowest BCUT2D eigenvalue weighted by molar-refractivity contribution is -0.131. The van der Waals surface area contributed by atoms with Crippen LogP contribution in [-0.2, 0) is 11.2 Å². The first-order valence-electron chi connectivity index (χ1n) is 8.09. The van der Waals surface area contributed by atoms with Gasteiger partial charge in [-0.25, -0.2) is 4.98 Å². The first-order chi connectivity index (χ1) is 11.5. The minimum absolute atomic E-state index is 0.0354. The molecule has 1 aromatic heterocycles. The molecule has 2 heterocycles. The van der Waals surface area contributed by atoms with E-state index >= 15 is 0 Å². The molecule has 0 bridgehead atoms. The van der Waals surface area contributed by atoms with Gasteiger partial charge < -0.3 is 9.80 Å². The molecular formula is C18H21N3O2S. The predicted octanol–water partition coefficient (Wildman–Crippen LogP) is 2.29. The first kappa shape index (κ1) is 16.6. The monoisotopic (exact) mass is 343 g/mol. The fourth-order valence-electron chi connectivity index (χ4n) is 2.91. The van der Waals surface area contributed by atoms with Crippen molar-refractivity contribution in [1.29, 1.82) is 0 Å². The number of benzene rings is 1. The van der Waals surface area contributed by atoms with Crippen LogP contribution in [0.2, 0.25) is 0 Å². The normalized spacial score (nSPS) is 14.8. The molecule has 2 amide bonds. The molecule has 6 heteroatoms. The molecule has 1 aliphatic rings. The fourth-order valence-corrected chi connectivity index (χ4v) is 3.80. The van der Waals surface area contributed by atoms with E-state index in [1.807, 2.05) is 54.0 Å². The number of rotatable bonds is 3. The number of hydrogen-bond acceptors (Lipinski definition) is 4. The van der Waals surface area contributed by atoms with Crippen molar-refractivity contribution in [2.75, 3.05) is 26.2 Å². The third kappa shape index (κ3) is 3.64. The quantitative estimate of drug-likeness (QED) is 0.859. The van der Waals surface area contributed by atoms with E-state index < -0.39 is 0 Å². The van der Waals surface area contributed by atoms with E-state index in [1.54, 1.807) is 0 Å². The van der Waals surface area contributed by atoms with Crippen molar-refractivity contribution in [2.24, 2.45) is 0 Å². The summed E-state index contributed by atoms with van der Waals surface area (Å²) >= 11 is 1.44. The number of piperazine rings is 1. The van der Waals surface area contributed by atoms with E-state index in [9.17, 15) is 9.59 Å². The molecular weight excluding hydrogens is 322 g/mol. The van der Waals surface area contributed by atoms with E-state index in [1.165, 1.54) is 11.3 Å². The minimum Gasteiger partial charge on any atom is -0.339 e. The topological polar surface area (TPSA) is 53.5 Å². The Morgan fingerprint density at radius 2 is 1.67 bits per heavy atom. The molecule has 0 N–H and O–H groups in total. The van der Waals surface area contributed by atoms with E-state index in [2.05, 4.69) is 4.98 Å². The van der Waals surface area contributed by atoms with Crippen molar-refractivity contribution in [1.82, 2.24) is 14.8 Å². The van der Waals surface area contributed by atoms with Gasteiger partial charge in [0.25, 0.3) is 5.91 Å². The van der Waals surface area contributed by atoms with E-state index in [0.29, 0.717) is 32.6 Å². The van der Waals surface area contributed by atoms with Gasteiger partial charge in [-0.3, -0.25) is 9.59 Å². The Kier molecular flexibility index (Phi) is 4.94. The van der Waals surface area contributed by atoms with Crippen LogP contribution in [-0.4, -0.2) is 52.8 Å². The second kappa shape index (κ2) is 7.13. The number of thiazole rings is 1. The number of carbonyl (C=O) groups is 2. The molecule has 0 unspecified atom stereocenters. The maximum atomic E-state index is 12.6. The maximum Gasteiger partial charge on any atom is 0.265 e. The molecule has 5 nitrogen and oxygen atoms in total. The molecule has 0 atom stereocenters. The molecule has 1 saturated heterocycles. The lowest BCUT2D eigenvalue weighted by atomic mass is 10.1. The van der Waals surface area contributed by atoms with Gasteiger partial charge in [0.15, 0.2) is 0 Å². The van der Waals surface area contributed by atoms with Crippen molar-refractivity contribution < 1.29 is 9.59 Å². The van der Waals surface area contributed by atoms with Gasteiger partial charge >= 0.3 is 0 Å². The smallest absolute Gasteiger partial charge is 0.265 e. The zero-order chi connectivity index (χ0) is 17.1. The zero-order valence-electron chi connectivity index (χ0n) is 14.0. The average Bonchev–Trinajstić information content (AvgIpc) is 2.93. The highest BCUT2D eigenvalue weighted by molar-refractivity contribution is 7.13. The second-order valence-corrected chi connectivity index (χ2v) is 7.19. The molecule has 0 saturated carbocycles. The number of nitrogens with zero attached hydrogens (tertiary/aromatic N) is 3. The van der Waals surface area contributed by atoms with Gasteiger partial charge in [0, 0.05) is 26.2 Å². The van der Waals surface area contributed by atoms with Crippen molar-refractivity contribution in [2.45, 2.75) is 20.3 Å². The van der Waals surface area contributed by atoms with Gasteiger partial charge in [0.2, 0.25) is 5.91 Å². The molecule has 3 rings (SSSR count). The van der Waals surface area contributed by atoms with Crippen LogP contribution in [0.3, 0.4) is 0 Å². The SMILES string of the molecule is Cc1nc(C)c(C(=O)N2CCN(C(=O)Cc3ccccc3)CC2)s1. The van der Waals surface area contributed by atoms with Crippen LogP contribution < -0.4 is 0 Å². The largest absolute Gasteiger partial charge is 0.339 e. The predicted molar refractivity (Wildman–Crippen MR) is 94.2 cm³/mol. The summed E-state index contributed by atoms with van der Waals surface area (Å²) in [6.07, 6.45) is 0.419. The number of aromatic nitrogens is 1. The number of carbonyl (C=O) groups excluding carboxylic acids is 2. The fraction of sp³-hybridized carbons (Fsp3) is 0.389. The summed E-state index contributed by atoms with van der Waals surface area (Å²) < 4.78 is 0. The molecule has 1 aromatic carbocycles. The summed E-state index contributed by atoms with van der Waals surface area (Å²) in [5, 5.41) is 0.910. The summed E-state index contributed by atoms with van der Waals surface area (Å²) in [5.41, 5.74) is 1.82. The van der Waals surface area contributed by atoms with E-state index in [4.69, 9.17) is 0 Å². The van der Waals surface area contributed by atoms with Crippen molar-refractivity contribution in [3.63, 3.8) is 0 Å². The number of aryl methyl sites for hydroxylation is 2. The van der Waals surface area contributed by atoms with Gasteiger partial charge in [-0.1, -0.05) is 30.3 Å². The van der Waals surface area contributed by atoms with Crippen molar-refractivity contribution in [3.05, 3.63) is 51.5 Å². The maximum absolute atomic E-state index is 12.6. The van der Waals surface area contributed by atoms with Gasteiger partial charge in [0.1, 0.15) is 4.88 Å². The van der Waals surface area contributed by atoms with Gasteiger partial charge in [-0.2, -0.15) is 0 Å². The third-order valence-electron chi connectivity index (χ3n) is 4.22. The molecule has 0 radical (unpaired) electrons. The second-order valence-electron chi connectivity index (χ2n) is 5.98. The summed E-state index contributed by atoms with van der Waals surface area (Å²) in [6, 6.07) is 9.76. The number of amides is 2. The van der Waals surface area contributed by atoms with Crippen LogP contribution in [0.5, 0.6) is 0 Å². The Morgan fingerprint density at radius 3 is 2.25 bits per heavy atom. The highest BCUT2D eigenvalue weighted by Gasteiger charge is 2.26. The number of hydrogen-bond donors (Lipinski definition) is 0. The van der Waals surface area contributed by atoms with E-state index in [-0.39, 0.29) is 11.8 Å². The highest BCUT2D eigenvalue weighted by atomic mass is 32.1. The van der Waals surface area contributed by atoms with Crippen molar-refractivity contribution in [3.8, 4) is 0 Å². The summed E-state index contributed by atoms with van der Waals surface area (Å²) in [5.74, 6) is 0.159. The van der Waals surface area contributed by atoms with Crippen LogP contribution in [0.25, 0.3) is 0 Å². The van der Waals surface area contributed by atoms with E-state index in [0.717, 1.165) is 21.1 Å². The zero-order valence-corrected chi connectivity index (χ0v) is 14.8. The Bertz CT molecular complexity index is 734. The molecule has 1 fully saturated rings. The standard InChI is InChI=1S/C18H21N3O2S/c1-13-17(24-14(2)19-13)18(23)21-10-8-20(9-11-21)16(22)12-15-6-4-3-5-7-15/h3-7H,8-12H2,1-2H3. The van der Waals surface area contributed by atoms with Crippen LogP contribution in [0.4, 0.5) is 0 Å². The lowest BCUT2D eigenvalue weighted by Crippen LogP contribution is -2.51. The summed E-state index contributed by atoms with van der Waals surface area (Å²) in [6.45, 7) is 6.12. The molecule has 0 aliphatic carbocycles. The van der Waals surface area contributed by atoms with Gasteiger partial charge in [-0.15, -0.1) is 11.3 Å². The first-order valence-corrected chi connectivity index (χ1v) is 8.91. The van der Waals surface area contributed by atoms with Crippen LogP contribution in [0.1, 0.15) is 25.9 Å². The Balaban J connectivity index is 1.56. The third-order valence-corrected chi connectivity index (χ3v) is 5.28. The average molecular weight is 343 g/mol. The van der Waals surface area contributed by atoms with Crippen LogP contribution in [0, 0.1) is 13.8 Å². The van der Waals surface area contributed by atoms with Gasteiger partial charge in [0.05, 0.1) is 17.1 Å². The van der Waals surface area contributed by atoms with Crippen LogP contribution >= 0.6 is 11.3 Å². The van der Waals surface area contributed by atoms with Crippen molar-refractivity contribution >= 4 is 23.2 Å². The highest BCUT2D eigenvalue weighted by Crippen LogP contribution is 2.20. The lowest BCUT2D eigenvalue weighted by Gasteiger charge is -2.34. The Hall–Kier alpha value is -2.21. The van der Waals surface area contributed by atoms with Gasteiger partial charge in [-0.05, 0) is 19.4 Å². The molecule has 1 aliphatic heterocycles. The van der Waals surface area contributed by atoms with Crippen LogP contribution in [0.15, 0.2) is 30.3 Å². The summed E-state index contributed by atoms with van der Waals surface area (Å²) in [7, 11) is 0. The molecule has 0 spiro atoms. The molecule has 2 aromatic rings.